The van der Waals surface area contributed by atoms with Crippen LogP contribution in [0.1, 0.15) is 142 Å². The summed E-state index contributed by atoms with van der Waals surface area (Å²) in [6.07, 6.45) is 15.0. The summed E-state index contributed by atoms with van der Waals surface area (Å²) in [6.45, 7) is 4.78. The van der Waals surface area contributed by atoms with E-state index in [1.54, 1.807) is 0 Å². The minimum atomic E-state index is -0.215. The van der Waals surface area contributed by atoms with Gasteiger partial charge in [0.25, 0.3) is 0 Å². The lowest BCUT2D eigenvalue weighted by Crippen LogP contribution is -2.04. The zero-order valence-corrected chi connectivity index (χ0v) is 63.6. The molecule has 0 saturated carbocycles. The highest BCUT2D eigenvalue weighted by Crippen LogP contribution is 2.33. The molecule has 570 valence electrons. The van der Waals surface area contributed by atoms with Crippen LogP contribution in [0, 0.1) is 45.3 Å². The van der Waals surface area contributed by atoms with Crippen molar-refractivity contribution in [3.8, 4) is 126 Å². The first kappa shape index (κ1) is 80.4. The van der Waals surface area contributed by atoms with Gasteiger partial charge in [-0.15, -0.1) is 0 Å². The number of nitriles is 4. The van der Waals surface area contributed by atoms with E-state index in [0.29, 0.717) is 115 Å². The lowest BCUT2D eigenvalue weighted by molar-refractivity contribution is 0.266. The van der Waals surface area contributed by atoms with Crippen molar-refractivity contribution in [2.45, 2.75) is 123 Å². The van der Waals surface area contributed by atoms with E-state index in [4.69, 9.17) is 47.4 Å². The lowest BCUT2D eigenvalue weighted by atomic mass is 10.0. The van der Waals surface area contributed by atoms with Crippen LogP contribution in [0.25, 0.3) is 44.5 Å². The van der Waals surface area contributed by atoms with Crippen molar-refractivity contribution in [1.29, 1.82) is 21.0 Å². The lowest BCUT2D eigenvalue weighted by Gasteiger charge is -2.15. The van der Waals surface area contributed by atoms with E-state index < -0.39 is 0 Å². The summed E-state index contributed by atoms with van der Waals surface area (Å²) >= 11 is 0. The second-order valence-corrected chi connectivity index (χ2v) is 27.5. The summed E-state index contributed by atoms with van der Waals surface area (Å²) in [5, 5.41) is 47.2. The highest BCUT2D eigenvalue weighted by molar-refractivity contribution is 5.68. The maximum absolute atomic E-state index is 10.5. The number of aliphatic hydroxyl groups is 1. The summed E-state index contributed by atoms with van der Waals surface area (Å²) in [5.41, 5.74) is 13.4. The first-order valence-corrected chi connectivity index (χ1v) is 39.0. The topological polar surface area (TPSA) is 208 Å². The number of hydrogen-bond acceptors (Lipinski definition) is 15. The van der Waals surface area contributed by atoms with Gasteiger partial charge in [0, 0.05) is 18.2 Å². The van der Waals surface area contributed by atoms with Gasteiger partial charge in [0.15, 0.2) is 0 Å². The predicted octanol–water partition coefficient (Wildman–Crippen LogP) is 22.6. The molecule has 11 aromatic carbocycles. The van der Waals surface area contributed by atoms with Crippen LogP contribution in [0.15, 0.2) is 249 Å². The number of hydrogen-bond donors (Lipinski definition) is 1. The molecular weight excluding hydrogens is 1400 g/mol. The third-order valence-electron chi connectivity index (χ3n) is 18.9. The smallest absolute Gasteiger partial charge is 0.123 e. The largest absolute Gasteiger partial charge is 0.494 e. The van der Waals surface area contributed by atoms with E-state index in [9.17, 15) is 26.2 Å². The van der Waals surface area contributed by atoms with Gasteiger partial charge in [0.1, 0.15) is 70.7 Å². The molecule has 0 aliphatic carbocycles. The fourth-order valence-corrected chi connectivity index (χ4v) is 12.7. The molecule has 1 N–H and O–H groups in total. The van der Waals surface area contributed by atoms with E-state index in [1.807, 2.05) is 249 Å². The van der Waals surface area contributed by atoms with Crippen molar-refractivity contribution in [1.82, 2.24) is 0 Å². The average Bonchev–Trinajstić information content (AvgIpc) is 0.867. The average molecular weight is 1490 g/mol. The van der Waals surface area contributed by atoms with E-state index in [2.05, 4.69) is 24.3 Å². The van der Waals surface area contributed by atoms with Crippen molar-refractivity contribution in [3.05, 3.63) is 288 Å². The van der Waals surface area contributed by atoms with Crippen molar-refractivity contribution in [2.75, 3.05) is 52.9 Å². The van der Waals surface area contributed by atoms with Crippen LogP contribution in [-0.2, 0) is 19.8 Å². The number of nitrogens with zero attached hydrogens (tertiary/aromatic N) is 4. The fourth-order valence-electron chi connectivity index (χ4n) is 12.7. The molecule has 0 atom stereocenters. The summed E-state index contributed by atoms with van der Waals surface area (Å²) in [4.78, 5) is 0. The molecule has 0 heterocycles. The molecule has 112 heavy (non-hydrogen) atoms. The fraction of sp³-hybridized carbons (Fsp3) is 0.278. The Balaban J connectivity index is 0.660. The van der Waals surface area contributed by atoms with Gasteiger partial charge < -0.3 is 52.5 Å². The Bertz CT molecular complexity index is 4260. The summed E-state index contributed by atoms with van der Waals surface area (Å²) in [7, 11) is 0. The van der Waals surface area contributed by atoms with Crippen molar-refractivity contribution in [3.63, 3.8) is 0 Å². The van der Waals surface area contributed by atoms with E-state index >= 15 is 0 Å². The van der Waals surface area contributed by atoms with Gasteiger partial charge in [-0.25, -0.2) is 0 Å². The SMILES string of the molecule is N#Cc1ccc(-c2ccc(OCCCCCCOc3cc(COc4cc(CO)cc(OCc5cc(OCCCCCCOc6ccc(-c7ccc(C#N)cc7)cc6)cc(OCCCCCCOc6ccc(-c7ccc(C#N)cc7)cc6)c5)c4)cc(OCCCCCCOc4ccc(-c5ccc(C#N)cc5)cc4)c3)cc2)cc1. The van der Waals surface area contributed by atoms with Gasteiger partial charge in [0.2, 0.25) is 0 Å². The van der Waals surface area contributed by atoms with Gasteiger partial charge in [-0.1, -0.05) is 97.1 Å². The zero-order valence-electron chi connectivity index (χ0n) is 63.6. The Hall–Kier alpha value is -12.7. The van der Waals surface area contributed by atoms with Gasteiger partial charge in [-0.3, -0.25) is 0 Å². The van der Waals surface area contributed by atoms with Crippen LogP contribution in [0.4, 0.5) is 0 Å². The van der Waals surface area contributed by atoms with Crippen LogP contribution in [-0.4, -0.2) is 58.0 Å². The molecule has 15 heteroatoms. The molecule has 0 aliphatic rings. The van der Waals surface area contributed by atoms with Crippen LogP contribution < -0.4 is 47.4 Å². The molecule has 0 amide bonds. The van der Waals surface area contributed by atoms with Gasteiger partial charge in [0.05, 0.1) is 106 Å². The molecule has 0 saturated heterocycles. The number of aliphatic hydroxyl groups excluding tert-OH is 1. The number of unbranched alkanes of at least 4 members (excludes halogenated alkanes) is 12. The highest BCUT2D eigenvalue weighted by Gasteiger charge is 2.13. The standard InChI is InChI=1S/C97H96N4O11/c98-66-73-17-25-80(26-18-73)84-33-41-88(42-34-84)103-49-9-1-5-13-53-107-92-59-78(60-93(63-92)108-54-14-6-2-10-50-104-89-43-35-85(36-44-89)81-27-19-74(67-99)20-28-81)71-111-96-57-77(70-102)58-97(65-96)112-72-79-61-94(109-55-15-7-3-11-51-105-90-45-37-86(38-46-90)82-29-21-75(68-100)22-30-82)64-95(62-79)110-56-16-8-4-12-52-106-91-47-39-87(40-48-91)83-31-23-76(69-101)24-32-83/h17-48,57-65,102H,1-16,49-56,70-72H2. The van der Waals surface area contributed by atoms with Crippen LogP contribution in [0.3, 0.4) is 0 Å². The van der Waals surface area contributed by atoms with E-state index in [-0.39, 0.29) is 19.8 Å². The Labute approximate surface area is 659 Å². The quantitative estimate of drug-likeness (QED) is 0.0352. The maximum Gasteiger partial charge on any atom is 0.123 e. The monoisotopic (exact) mass is 1490 g/mol. The van der Waals surface area contributed by atoms with E-state index in [1.165, 1.54) is 0 Å². The Morgan fingerprint density at radius 3 is 0.545 bits per heavy atom. The third-order valence-corrected chi connectivity index (χ3v) is 18.9. The molecule has 11 aromatic rings. The Kier molecular flexibility index (Phi) is 32.1. The highest BCUT2D eigenvalue weighted by atomic mass is 16.5. The molecule has 0 aromatic heterocycles. The Morgan fingerprint density at radius 2 is 0.357 bits per heavy atom. The molecule has 0 radical (unpaired) electrons. The minimum Gasteiger partial charge on any atom is -0.494 e. The Morgan fingerprint density at radius 1 is 0.188 bits per heavy atom. The summed E-state index contributed by atoms with van der Waals surface area (Å²) in [6, 6.07) is 88.6. The number of benzene rings is 11. The minimum absolute atomic E-state index is 0.203. The second-order valence-electron chi connectivity index (χ2n) is 27.5. The van der Waals surface area contributed by atoms with Crippen molar-refractivity contribution in [2.24, 2.45) is 0 Å². The van der Waals surface area contributed by atoms with Crippen molar-refractivity contribution < 1.29 is 52.5 Å². The third kappa shape index (κ3) is 26.9. The van der Waals surface area contributed by atoms with Crippen LogP contribution in [0.2, 0.25) is 0 Å². The molecule has 0 fully saturated rings. The normalized spacial score (nSPS) is 10.8. The molecule has 0 bridgehead atoms. The van der Waals surface area contributed by atoms with Gasteiger partial charge in [-0.2, -0.15) is 21.0 Å². The summed E-state index contributed by atoms with van der Waals surface area (Å²) in [5.74, 6) is 7.15. The molecule has 15 nitrogen and oxygen atoms in total. The van der Waals surface area contributed by atoms with E-state index in [0.717, 1.165) is 181 Å². The first-order chi connectivity index (χ1) is 55.2. The zero-order chi connectivity index (χ0) is 77.4. The molecule has 0 unspecified atom stereocenters. The van der Waals surface area contributed by atoms with Crippen molar-refractivity contribution >= 4 is 0 Å². The van der Waals surface area contributed by atoms with Crippen LogP contribution in [0.5, 0.6) is 57.5 Å². The molecule has 0 aliphatic heterocycles. The number of rotatable bonds is 47. The molecule has 11 rings (SSSR count). The van der Waals surface area contributed by atoms with Gasteiger partial charge >= 0.3 is 0 Å². The predicted molar refractivity (Wildman–Crippen MR) is 438 cm³/mol. The second kappa shape index (κ2) is 44.7. The molecular formula is C97H96N4O11. The van der Waals surface area contributed by atoms with Crippen LogP contribution >= 0.6 is 0 Å². The summed E-state index contributed by atoms with van der Waals surface area (Å²) < 4.78 is 63.0. The molecule has 0 spiro atoms. The maximum atomic E-state index is 10.5. The van der Waals surface area contributed by atoms with Gasteiger partial charge in [-0.05, 0) is 297 Å². The first-order valence-electron chi connectivity index (χ1n) is 39.0. The number of ether oxygens (including phenoxy) is 10.